The second-order valence-corrected chi connectivity index (χ2v) is 3.91. The van der Waals surface area contributed by atoms with Crippen molar-refractivity contribution < 1.29 is 14.6 Å². The molecule has 1 heterocycles. The van der Waals surface area contributed by atoms with Crippen molar-refractivity contribution in [2.45, 2.75) is 6.54 Å². The molecule has 0 spiro atoms. The lowest BCUT2D eigenvalue weighted by atomic mass is 10.2. The van der Waals surface area contributed by atoms with Gasteiger partial charge in [-0.15, -0.1) is 0 Å². The number of amides is 1. The fourth-order valence-electron chi connectivity index (χ4n) is 1.67. The zero-order chi connectivity index (χ0) is 13.7. The number of ether oxygens (including phenoxy) is 1. The van der Waals surface area contributed by atoms with Crippen molar-refractivity contribution in [1.82, 2.24) is 10.3 Å². The number of methoxy groups -OCH3 is 1. The summed E-state index contributed by atoms with van der Waals surface area (Å²) >= 11 is 0. The fraction of sp³-hybridized carbons (Fsp3) is 0.143. The lowest BCUT2D eigenvalue weighted by molar-refractivity contribution is 0.0947. The molecule has 5 heteroatoms. The first-order chi connectivity index (χ1) is 9.20. The van der Waals surface area contributed by atoms with Crippen molar-refractivity contribution in [3.05, 3.63) is 53.7 Å². The van der Waals surface area contributed by atoms with Crippen LogP contribution in [-0.4, -0.2) is 23.1 Å². The van der Waals surface area contributed by atoms with Crippen LogP contribution >= 0.6 is 0 Å². The monoisotopic (exact) mass is 258 g/mol. The summed E-state index contributed by atoms with van der Waals surface area (Å²) in [4.78, 5) is 16.0. The smallest absolute Gasteiger partial charge is 0.257 e. The van der Waals surface area contributed by atoms with Crippen LogP contribution in [0.25, 0.3) is 0 Å². The maximum atomic E-state index is 12.0. The van der Waals surface area contributed by atoms with E-state index in [0.29, 0.717) is 12.1 Å². The zero-order valence-corrected chi connectivity index (χ0v) is 10.5. The second kappa shape index (κ2) is 5.86. The molecule has 0 saturated carbocycles. The van der Waals surface area contributed by atoms with Crippen molar-refractivity contribution in [2.24, 2.45) is 0 Å². The minimum Gasteiger partial charge on any atom is -0.508 e. The predicted octanol–water partition coefficient (Wildman–Crippen LogP) is 1.73. The summed E-state index contributed by atoms with van der Waals surface area (Å²) in [5.74, 6) is 0.190. The van der Waals surface area contributed by atoms with Gasteiger partial charge in [0.05, 0.1) is 7.11 Å². The van der Waals surface area contributed by atoms with Crippen molar-refractivity contribution >= 4 is 5.91 Å². The van der Waals surface area contributed by atoms with E-state index in [9.17, 15) is 9.90 Å². The van der Waals surface area contributed by atoms with Crippen LogP contribution in [0.3, 0.4) is 0 Å². The van der Waals surface area contributed by atoms with Crippen molar-refractivity contribution in [1.29, 1.82) is 0 Å². The Morgan fingerprint density at radius 2 is 2.21 bits per heavy atom. The Kier molecular flexibility index (Phi) is 3.97. The number of hydrogen-bond acceptors (Lipinski definition) is 4. The molecule has 2 rings (SSSR count). The van der Waals surface area contributed by atoms with E-state index >= 15 is 0 Å². The minimum atomic E-state index is -0.270. The Morgan fingerprint density at radius 3 is 2.95 bits per heavy atom. The van der Waals surface area contributed by atoms with Gasteiger partial charge in [-0.25, -0.2) is 4.98 Å². The highest BCUT2D eigenvalue weighted by Gasteiger charge is 2.12. The van der Waals surface area contributed by atoms with E-state index in [1.807, 2.05) is 6.07 Å². The molecule has 1 aromatic heterocycles. The number of aromatic nitrogens is 1. The summed E-state index contributed by atoms with van der Waals surface area (Å²) in [5, 5.41) is 12.1. The number of rotatable bonds is 4. The number of hydrogen-bond donors (Lipinski definition) is 2. The van der Waals surface area contributed by atoms with Crippen LogP contribution in [0.1, 0.15) is 15.9 Å². The van der Waals surface area contributed by atoms with E-state index in [4.69, 9.17) is 4.74 Å². The van der Waals surface area contributed by atoms with Gasteiger partial charge >= 0.3 is 0 Å². The molecule has 0 aliphatic carbocycles. The Bertz CT molecular complexity index is 584. The summed E-state index contributed by atoms with van der Waals surface area (Å²) in [7, 11) is 1.47. The second-order valence-electron chi connectivity index (χ2n) is 3.91. The third-order valence-corrected chi connectivity index (χ3v) is 2.57. The van der Waals surface area contributed by atoms with Gasteiger partial charge in [0, 0.05) is 12.7 Å². The summed E-state index contributed by atoms with van der Waals surface area (Å²) in [6.07, 6.45) is 1.56. The largest absolute Gasteiger partial charge is 0.508 e. The molecular formula is C14H14N2O3. The minimum absolute atomic E-state index is 0.172. The number of aromatic hydroxyl groups is 1. The summed E-state index contributed by atoms with van der Waals surface area (Å²) in [5.41, 5.74) is 1.20. The van der Waals surface area contributed by atoms with Crippen LogP contribution in [0.2, 0.25) is 0 Å². The highest BCUT2D eigenvalue weighted by molar-refractivity contribution is 5.96. The van der Waals surface area contributed by atoms with Crippen LogP contribution in [0.4, 0.5) is 0 Å². The molecule has 0 bridgehead atoms. The number of carbonyl (C=O) groups excluding carboxylic acids is 1. The Balaban J connectivity index is 2.05. The molecule has 0 atom stereocenters. The summed E-state index contributed by atoms with van der Waals surface area (Å²) in [6.45, 7) is 0.325. The quantitative estimate of drug-likeness (QED) is 0.876. The topological polar surface area (TPSA) is 71.5 Å². The number of nitrogens with one attached hydrogen (secondary N) is 1. The number of phenolic OH excluding ortho intramolecular Hbond substituents is 1. The van der Waals surface area contributed by atoms with Crippen molar-refractivity contribution in [3.63, 3.8) is 0 Å². The Labute approximate surface area is 110 Å². The van der Waals surface area contributed by atoms with Gasteiger partial charge in [0.1, 0.15) is 11.3 Å². The van der Waals surface area contributed by atoms with Gasteiger partial charge in [0.2, 0.25) is 5.88 Å². The maximum absolute atomic E-state index is 12.0. The third-order valence-electron chi connectivity index (χ3n) is 2.57. The lowest BCUT2D eigenvalue weighted by Crippen LogP contribution is -2.23. The number of benzene rings is 1. The first kappa shape index (κ1) is 12.9. The molecule has 1 aromatic carbocycles. The Morgan fingerprint density at radius 1 is 1.37 bits per heavy atom. The highest BCUT2D eigenvalue weighted by atomic mass is 16.5. The average molecular weight is 258 g/mol. The number of pyridine rings is 1. The molecule has 0 fully saturated rings. The van der Waals surface area contributed by atoms with E-state index in [1.165, 1.54) is 7.11 Å². The van der Waals surface area contributed by atoms with Crippen molar-refractivity contribution in [3.8, 4) is 11.6 Å². The van der Waals surface area contributed by atoms with Crippen molar-refractivity contribution in [2.75, 3.05) is 7.11 Å². The van der Waals surface area contributed by atoms with E-state index in [2.05, 4.69) is 10.3 Å². The van der Waals surface area contributed by atoms with Gasteiger partial charge in [-0.2, -0.15) is 0 Å². The van der Waals surface area contributed by atoms with E-state index in [1.54, 1.807) is 36.5 Å². The molecule has 0 radical (unpaired) electrons. The summed E-state index contributed by atoms with van der Waals surface area (Å²) < 4.78 is 5.03. The van der Waals surface area contributed by atoms with Crippen LogP contribution in [-0.2, 0) is 6.54 Å². The molecule has 1 amide bonds. The normalized spacial score (nSPS) is 9.95. The standard InChI is InChI=1S/C14H14N2O3/c1-19-14-12(6-3-7-15-14)13(18)16-9-10-4-2-5-11(17)8-10/h2-8,17H,9H2,1H3,(H,16,18). The molecular weight excluding hydrogens is 244 g/mol. The first-order valence-corrected chi connectivity index (χ1v) is 5.76. The van der Waals surface area contributed by atoms with Gasteiger partial charge in [-0.05, 0) is 29.8 Å². The predicted molar refractivity (Wildman–Crippen MR) is 70.1 cm³/mol. The third kappa shape index (κ3) is 3.22. The van der Waals surface area contributed by atoms with E-state index < -0.39 is 0 Å². The molecule has 2 aromatic rings. The molecule has 98 valence electrons. The molecule has 2 N–H and O–H groups in total. The molecule has 0 saturated heterocycles. The maximum Gasteiger partial charge on any atom is 0.257 e. The highest BCUT2D eigenvalue weighted by Crippen LogP contribution is 2.14. The fourth-order valence-corrected chi connectivity index (χ4v) is 1.67. The van der Waals surface area contributed by atoms with Gasteiger partial charge in [0.15, 0.2) is 0 Å². The van der Waals surface area contributed by atoms with Gasteiger partial charge in [0.25, 0.3) is 5.91 Å². The molecule has 0 aliphatic heterocycles. The van der Waals surface area contributed by atoms with E-state index in [0.717, 1.165) is 5.56 Å². The van der Waals surface area contributed by atoms with E-state index in [-0.39, 0.29) is 17.5 Å². The zero-order valence-electron chi connectivity index (χ0n) is 10.5. The van der Waals surface area contributed by atoms with Gasteiger partial charge in [-0.3, -0.25) is 4.79 Å². The number of phenols is 1. The van der Waals surface area contributed by atoms with Crippen LogP contribution in [0.5, 0.6) is 11.6 Å². The van der Waals surface area contributed by atoms with Crippen LogP contribution < -0.4 is 10.1 Å². The summed E-state index contributed by atoms with van der Waals surface area (Å²) in [6, 6.07) is 10.0. The first-order valence-electron chi connectivity index (χ1n) is 5.76. The molecule has 0 unspecified atom stereocenters. The van der Waals surface area contributed by atoms with Gasteiger partial charge in [-0.1, -0.05) is 12.1 Å². The molecule has 5 nitrogen and oxygen atoms in total. The number of nitrogens with zero attached hydrogens (tertiary/aromatic N) is 1. The van der Waals surface area contributed by atoms with Crippen LogP contribution in [0.15, 0.2) is 42.6 Å². The lowest BCUT2D eigenvalue weighted by Gasteiger charge is -2.08. The van der Waals surface area contributed by atoms with Crippen LogP contribution in [0, 0.1) is 0 Å². The SMILES string of the molecule is COc1ncccc1C(=O)NCc1cccc(O)c1. The number of carbonyl (C=O) groups is 1. The Hall–Kier alpha value is -2.56. The average Bonchev–Trinajstić information content (AvgIpc) is 2.45. The molecule has 19 heavy (non-hydrogen) atoms. The molecule has 0 aliphatic rings. The van der Waals surface area contributed by atoms with Gasteiger partial charge < -0.3 is 15.2 Å².